The highest BCUT2D eigenvalue weighted by Crippen LogP contribution is 2.45. The molecule has 32 heavy (non-hydrogen) atoms. The predicted octanol–water partition coefficient (Wildman–Crippen LogP) is 4.24. The van der Waals surface area contributed by atoms with E-state index in [0.717, 1.165) is 59.1 Å². The molecule has 1 fully saturated rings. The molecule has 1 saturated heterocycles. The van der Waals surface area contributed by atoms with E-state index in [0.29, 0.717) is 0 Å². The second-order valence-corrected chi connectivity index (χ2v) is 9.92. The number of amides is 1. The maximum atomic E-state index is 12.8. The Morgan fingerprint density at radius 1 is 1.12 bits per heavy atom. The Bertz CT molecular complexity index is 973. The van der Waals surface area contributed by atoms with Gasteiger partial charge in [0.15, 0.2) is 0 Å². The van der Waals surface area contributed by atoms with Crippen molar-refractivity contribution in [2.45, 2.75) is 38.1 Å². The maximum absolute atomic E-state index is 12.8. The summed E-state index contributed by atoms with van der Waals surface area (Å²) in [5, 5.41) is 12.7. The standard InChI is InChI=1S/C26H32N2O4/c1-4-13-26(14-15-28(2,3)17-26)23(24(29)30)27-25(31)32-16-22-20-11-7-5-9-18(20)19-10-6-8-12-21(19)22/h5-12,22-23H,4,13-17H2,1-3H3,(H-,27,29,30,31)/p+1/t23-,26+/m1/s1. The third-order valence-corrected chi connectivity index (χ3v) is 7.17. The molecule has 170 valence electrons. The van der Waals surface area contributed by atoms with Gasteiger partial charge in [-0.2, -0.15) is 0 Å². The molecule has 2 aromatic rings. The van der Waals surface area contributed by atoms with Crippen LogP contribution in [0.3, 0.4) is 0 Å². The van der Waals surface area contributed by atoms with Crippen LogP contribution in [-0.2, 0) is 9.53 Å². The zero-order chi connectivity index (χ0) is 22.9. The van der Waals surface area contributed by atoms with E-state index < -0.39 is 23.5 Å². The first-order valence-corrected chi connectivity index (χ1v) is 11.4. The second-order valence-electron chi connectivity index (χ2n) is 9.92. The first kappa shape index (κ1) is 22.3. The van der Waals surface area contributed by atoms with Gasteiger partial charge in [-0.05, 0) is 28.7 Å². The summed E-state index contributed by atoms with van der Waals surface area (Å²) in [6.07, 6.45) is 1.74. The minimum atomic E-state index is -0.992. The smallest absolute Gasteiger partial charge is 0.407 e. The molecule has 2 atom stereocenters. The number of nitrogens with one attached hydrogen (secondary N) is 1. The van der Waals surface area contributed by atoms with Crippen LogP contribution < -0.4 is 5.32 Å². The van der Waals surface area contributed by atoms with E-state index in [1.54, 1.807) is 0 Å². The highest BCUT2D eigenvalue weighted by atomic mass is 16.5. The summed E-state index contributed by atoms with van der Waals surface area (Å²) in [4.78, 5) is 25.0. The SMILES string of the molecule is CCC[C@]1([C@H](NC(=O)OCC2c3ccccc3-c3ccccc32)C(=O)O)CC[N+](C)(C)C1. The Morgan fingerprint density at radius 3 is 2.22 bits per heavy atom. The molecule has 6 nitrogen and oxygen atoms in total. The molecule has 2 aliphatic rings. The van der Waals surface area contributed by atoms with Crippen LogP contribution in [0.25, 0.3) is 11.1 Å². The fraction of sp³-hybridized carbons (Fsp3) is 0.462. The molecule has 1 amide bonds. The summed E-state index contributed by atoms with van der Waals surface area (Å²) in [7, 11) is 4.23. The molecule has 0 unspecified atom stereocenters. The summed E-state index contributed by atoms with van der Waals surface area (Å²) in [5.74, 6) is -1.04. The number of benzene rings is 2. The molecular formula is C26H33N2O4+. The van der Waals surface area contributed by atoms with Crippen LogP contribution in [0.15, 0.2) is 48.5 Å². The zero-order valence-corrected chi connectivity index (χ0v) is 19.1. The fourth-order valence-electron chi connectivity index (χ4n) is 5.85. The van der Waals surface area contributed by atoms with Gasteiger partial charge in [0.2, 0.25) is 0 Å². The summed E-state index contributed by atoms with van der Waals surface area (Å²) < 4.78 is 6.40. The van der Waals surface area contributed by atoms with E-state index >= 15 is 0 Å². The van der Waals surface area contributed by atoms with E-state index in [1.807, 2.05) is 24.3 Å². The summed E-state index contributed by atoms with van der Waals surface area (Å²) in [6, 6.07) is 15.4. The Labute approximate surface area is 189 Å². The first-order valence-electron chi connectivity index (χ1n) is 11.4. The molecule has 0 saturated carbocycles. The van der Waals surface area contributed by atoms with Crippen LogP contribution in [0.4, 0.5) is 4.79 Å². The number of rotatable bonds is 7. The molecule has 1 aliphatic carbocycles. The van der Waals surface area contributed by atoms with E-state index in [1.165, 1.54) is 0 Å². The van der Waals surface area contributed by atoms with Gasteiger partial charge in [-0.25, -0.2) is 9.59 Å². The molecule has 0 radical (unpaired) electrons. The van der Waals surface area contributed by atoms with Crippen molar-refractivity contribution in [2.24, 2.45) is 5.41 Å². The third kappa shape index (κ3) is 4.11. The van der Waals surface area contributed by atoms with Crippen molar-refractivity contribution < 1.29 is 23.9 Å². The Kier molecular flexibility index (Phi) is 5.99. The molecule has 0 bridgehead atoms. The Morgan fingerprint density at radius 2 is 1.72 bits per heavy atom. The molecule has 6 heteroatoms. The number of hydrogen-bond donors (Lipinski definition) is 2. The van der Waals surface area contributed by atoms with Crippen molar-refractivity contribution in [1.82, 2.24) is 5.32 Å². The molecule has 1 aliphatic heterocycles. The fourth-order valence-corrected chi connectivity index (χ4v) is 5.85. The van der Waals surface area contributed by atoms with Crippen molar-refractivity contribution in [1.29, 1.82) is 0 Å². The van der Waals surface area contributed by atoms with Gasteiger partial charge in [0.05, 0.1) is 32.6 Å². The monoisotopic (exact) mass is 437 g/mol. The number of ether oxygens (including phenoxy) is 1. The number of carboxylic acids is 1. The predicted molar refractivity (Wildman–Crippen MR) is 123 cm³/mol. The lowest BCUT2D eigenvalue weighted by molar-refractivity contribution is -0.881. The lowest BCUT2D eigenvalue weighted by atomic mass is 9.75. The minimum Gasteiger partial charge on any atom is -0.480 e. The van der Waals surface area contributed by atoms with Gasteiger partial charge in [0, 0.05) is 12.3 Å². The van der Waals surface area contributed by atoms with E-state index in [4.69, 9.17) is 4.74 Å². The van der Waals surface area contributed by atoms with Gasteiger partial charge in [-0.3, -0.25) is 0 Å². The van der Waals surface area contributed by atoms with E-state index in [2.05, 4.69) is 50.6 Å². The zero-order valence-electron chi connectivity index (χ0n) is 19.1. The Hall–Kier alpha value is -2.86. The lowest BCUT2D eigenvalue weighted by Crippen LogP contribution is -2.55. The van der Waals surface area contributed by atoms with E-state index in [9.17, 15) is 14.7 Å². The number of carbonyl (C=O) groups is 2. The molecule has 2 N–H and O–H groups in total. The van der Waals surface area contributed by atoms with Gasteiger partial charge in [-0.1, -0.05) is 61.9 Å². The first-order chi connectivity index (χ1) is 15.3. The van der Waals surface area contributed by atoms with Gasteiger partial charge in [-0.15, -0.1) is 0 Å². The highest BCUT2D eigenvalue weighted by molar-refractivity contribution is 5.81. The molecule has 0 aromatic heterocycles. The van der Waals surface area contributed by atoms with E-state index in [-0.39, 0.29) is 12.5 Å². The van der Waals surface area contributed by atoms with Crippen LogP contribution in [0, 0.1) is 5.41 Å². The second kappa shape index (κ2) is 8.58. The number of aliphatic carboxylic acids is 1. The molecule has 2 aromatic carbocycles. The van der Waals surface area contributed by atoms with Crippen LogP contribution in [0.1, 0.15) is 43.2 Å². The number of quaternary nitrogens is 1. The van der Waals surface area contributed by atoms with Gasteiger partial charge in [0.25, 0.3) is 0 Å². The van der Waals surface area contributed by atoms with Crippen LogP contribution >= 0.6 is 0 Å². The Balaban J connectivity index is 1.49. The number of fused-ring (bicyclic) bond motifs is 3. The summed E-state index contributed by atoms with van der Waals surface area (Å²) >= 11 is 0. The largest absolute Gasteiger partial charge is 0.480 e. The van der Waals surface area contributed by atoms with Crippen LogP contribution in [-0.4, -0.2) is 61.5 Å². The average Bonchev–Trinajstić information content (AvgIpc) is 3.25. The van der Waals surface area contributed by atoms with Gasteiger partial charge < -0.3 is 19.6 Å². The molecular weight excluding hydrogens is 404 g/mol. The number of carboxylic acid groups (broad SMARTS) is 1. The topological polar surface area (TPSA) is 75.6 Å². The van der Waals surface area contributed by atoms with Gasteiger partial charge >= 0.3 is 12.1 Å². The van der Waals surface area contributed by atoms with Crippen molar-refractivity contribution >= 4 is 12.1 Å². The average molecular weight is 438 g/mol. The lowest BCUT2D eigenvalue weighted by Gasteiger charge is -2.35. The van der Waals surface area contributed by atoms with Crippen LogP contribution in [0.5, 0.6) is 0 Å². The highest BCUT2D eigenvalue weighted by Gasteiger charge is 2.52. The van der Waals surface area contributed by atoms with Crippen molar-refractivity contribution in [3.8, 4) is 11.1 Å². The van der Waals surface area contributed by atoms with Crippen molar-refractivity contribution in [3.05, 3.63) is 59.7 Å². The quantitative estimate of drug-likeness (QED) is 0.635. The number of likely N-dealkylation sites (tertiary alicyclic amines) is 1. The normalized spacial score (nSPS) is 22.1. The van der Waals surface area contributed by atoms with Gasteiger partial charge in [0.1, 0.15) is 12.6 Å². The summed E-state index contributed by atoms with van der Waals surface area (Å²) in [5.41, 5.74) is 4.12. The third-order valence-electron chi connectivity index (χ3n) is 7.17. The van der Waals surface area contributed by atoms with Crippen LogP contribution in [0.2, 0.25) is 0 Å². The maximum Gasteiger partial charge on any atom is 0.407 e. The number of hydrogen-bond acceptors (Lipinski definition) is 3. The number of alkyl carbamates (subject to hydrolysis) is 1. The summed E-state index contributed by atoms with van der Waals surface area (Å²) in [6.45, 7) is 3.86. The molecule has 1 heterocycles. The van der Waals surface area contributed by atoms with Crippen molar-refractivity contribution in [2.75, 3.05) is 33.8 Å². The number of nitrogens with zero attached hydrogens (tertiary/aromatic N) is 1. The molecule has 0 spiro atoms. The molecule has 4 rings (SSSR count). The minimum absolute atomic E-state index is 0.0527. The van der Waals surface area contributed by atoms with Crippen molar-refractivity contribution in [3.63, 3.8) is 0 Å². The number of carbonyl (C=O) groups excluding carboxylic acids is 1.